The molecule has 1 aromatic heterocycles. The van der Waals surface area contributed by atoms with Gasteiger partial charge < -0.3 is 14.6 Å². The standard InChI is InChI=1S/C14H12N2O4S/c17-14(18)8-21-13-4-2-10(15-16-13)9-1-3-11-12(7-9)20-6-5-19-11/h1-4,7H,5-6,8H2,(H,17,18). The molecule has 0 saturated heterocycles. The maximum atomic E-state index is 10.5. The van der Waals surface area contributed by atoms with Crippen molar-refractivity contribution in [3.63, 3.8) is 0 Å². The molecule has 0 fully saturated rings. The molecular weight excluding hydrogens is 292 g/mol. The van der Waals surface area contributed by atoms with E-state index in [9.17, 15) is 4.79 Å². The number of ether oxygens (including phenoxy) is 2. The van der Waals surface area contributed by atoms with Crippen molar-refractivity contribution >= 4 is 17.7 Å². The average molecular weight is 304 g/mol. The molecule has 1 aromatic carbocycles. The van der Waals surface area contributed by atoms with E-state index < -0.39 is 5.97 Å². The number of carboxylic acids is 1. The molecule has 7 heteroatoms. The third-order valence-corrected chi connectivity index (χ3v) is 3.73. The van der Waals surface area contributed by atoms with E-state index in [1.807, 2.05) is 24.3 Å². The average Bonchev–Trinajstić information content (AvgIpc) is 2.53. The molecule has 0 bridgehead atoms. The lowest BCUT2D eigenvalue weighted by Gasteiger charge is -2.18. The number of aliphatic carboxylic acids is 1. The third-order valence-electron chi connectivity index (χ3n) is 2.82. The van der Waals surface area contributed by atoms with Crippen molar-refractivity contribution in [3.05, 3.63) is 30.3 Å². The first kappa shape index (κ1) is 13.7. The normalized spacial score (nSPS) is 13.0. The van der Waals surface area contributed by atoms with Gasteiger partial charge >= 0.3 is 5.97 Å². The number of rotatable bonds is 4. The Labute approximate surface area is 125 Å². The Morgan fingerprint density at radius 2 is 1.95 bits per heavy atom. The lowest BCUT2D eigenvalue weighted by Crippen LogP contribution is -2.15. The maximum Gasteiger partial charge on any atom is 0.313 e. The minimum Gasteiger partial charge on any atom is -0.486 e. The Bertz CT molecular complexity index is 661. The van der Waals surface area contributed by atoms with Crippen LogP contribution in [0.15, 0.2) is 35.4 Å². The molecule has 3 rings (SSSR count). The van der Waals surface area contributed by atoms with Crippen LogP contribution in [-0.2, 0) is 4.79 Å². The van der Waals surface area contributed by atoms with Crippen LogP contribution >= 0.6 is 11.8 Å². The Hall–Kier alpha value is -2.28. The fourth-order valence-electron chi connectivity index (χ4n) is 1.89. The molecule has 2 aromatic rings. The number of carboxylic acid groups (broad SMARTS) is 1. The molecule has 21 heavy (non-hydrogen) atoms. The van der Waals surface area contributed by atoms with Crippen LogP contribution in [0, 0.1) is 0 Å². The van der Waals surface area contributed by atoms with Gasteiger partial charge in [-0.25, -0.2) is 0 Å². The fraction of sp³-hybridized carbons (Fsp3) is 0.214. The van der Waals surface area contributed by atoms with Crippen molar-refractivity contribution in [2.75, 3.05) is 19.0 Å². The highest BCUT2D eigenvalue weighted by Crippen LogP contribution is 2.33. The molecule has 1 aliphatic heterocycles. The molecule has 1 aliphatic rings. The van der Waals surface area contributed by atoms with Crippen LogP contribution in [0.2, 0.25) is 0 Å². The van der Waals surface area contributed by atoms with E-state index in [4.69, 9.17) is 14.6 Å². The zero-order valence-electron chi connectivity index (χ0n) is 11.0. The Kier molecular flexibility index (Phi) is 3.92. The summed E-state index contributed by atoms with van der Waals surface area (Å²) in [5.74, 6) is 0.520. The fourth-order valence-corrected chi connectivity index (χ4v) is 2.42. The summed E-state index contributed by atoms with van der Waals surface area (Å²) in [7, 11) is 0. The van der Waals surface area contributed by atoms with Gasteiger partial charge in [-0.2, -0.15) is 0 Å². The molecule has 6 nitrogen and oxygen atoms in total. The van der Waals surface area contributed by atoms with E-state index in [0.717, 1.165) is 23.1 Å². The zero-order chi connectivity index (χ0) is 14.7. The van der Waals surface area contributed by atoms with E-state index in [-0.39, 0.29) is 5.75 Å². The van der Waals surface area contributed by atoms with Crippen LogP contribution in [-0.4, -0.2) is 40.2 Å². The molecule has 108 valence electrons. The van der Waals surface area contributed by atoms with Crippen molar-refractivity contribution in [2.24, 2.45) is 0 Å². The number of hydrogen-bond donors (Lipinski definition) is 1. The van der Waals surface area contributed by atoms with Crippen LogP contribution < -0.4 is 9.47 Å². The Morgan fingerprint density at radius 3 is 2.67 bits per heavy atom. The summed E-state index contributed by atoms with van der Waals surface area (Å²) in [5, 5.41) is 17.3. The van der Waals surface area contributed by atoms with E-state index in [2.05, 4.69) is 10.2 Å². The predicted octanol–water partition coefficient (Wildman–Crippen LogP) is 2.09. The molecule has 0 radical (unpaired) electrons. The highest BCUT2D eigenvalue weighted by molar-refractivity contribution is 7.99. The van der Waals surface area contributed by atoms with Gasteiger partial charge in [-0.3, -0.25) is 4.79 Å². The highest BCUT2D eigenvalue weighted by atomic mass is 32.2. The number of hydrogen-bond acceptors (Lipinski definition) is 6. The van der Waals surface area contributed by atoms with Gasteiger partial charge in [0.05, 0.1) is 11.4 Å². The second-order valence-electron chi connectivity index (χ2n) is 4.30. The first-order chi connectivity index (χ1) is 10.2. The molecule has 0 aliphatic carbocycles. The lowest BCUT2D eigenvalue weighted by molar-refractivity contribution is -0.133. The van der Waals surface area contributed by atoms with Gasteiger partial charge in [-0.15, -0.1) is 10.2 Å². The maximum absolute atomic E-state index is 10.5. The van der Waals surface area contributed by atoms with Crippen molar-refractivity contribution in [2.45, 2.75) is 5.03 Å². The summed E-state index contributed by atoms with van der Waals surface area (Å²) in [6.45, 7) is 1.09. The second kappa shape index (κ2) is 6.01. The van der Waals surface area contributed by atoms with Crippen LogP contribution in [0.1, 0.15) is 0 Å². The number of nitrogens with zero attached hydrogens (tertiary/aromatic N) is 2. The first-order valence-electron chi connectivity index (χ1n) is 6.31. The van der Waals surface area contributed by atoms with Gasteiger partial charge in [0, 0.05) is 5.56 Å². The second-order valence-corrected chi connectivity index (χ2v) is 5.29. The molecule has 2 heterocycles. The van der Waals surface area contributed by atoms with Gasteiger partial charge in [0.1, 0.15) is 18.2 Å². The van der Waals surface area contributed by atoms with Gasteiger partial charge in [0.2, 0.25) is 0 Å². The SMILES string of the molecule is O=C(O)CSc1ccc(-c2ccc3c(c2)OCCO3)nn1. The van der Waals surface area contributed by atoms with Crippen molar-refractivity contribution in [3.8, 4) is 22.8 Å². The monoisotopic (exact) mass is 304 g/mol. The lowest BCUT2D eigenvalue weighted by atomic mass is 10.1. The van der Waals surface area contributed by atoms with Gasteiger partial charge in [0.25, 0.3) is 0 Å². The predicted molar refractivity (Wildman–Crippen MR) is 76.8 cm³/mol. The quantitative estimate of drug-likeness (QED) is 0.866. The molecule has 0 spiro atoms. The molecule has 0 saturated carbocycles. The van der Waals surface area contributed by atoms with Crippen molar-refractivity contribution < 1.29 is 19.4 Å². The molecule has 0 atom stereocenters. The van der Waals surface area contributed by atoms with Gasteiger partial charge in [-0.1, -0.05) is 11.8 Å². The third kappa shape index (κ3) is 3.25. The van der Waals surface area contributed by atoms with Crippen molar-refractivity contribution in [1.82, 2.24) is 10.2 Å². The Morgan fingerprint density at radius 1 is 1.14 bits per heavy atom. The molecular formula is C14H12N2O4S. The molecule has 1 N–H and O–H groups in total. The van der Waals surface area contributed by atoms with Crippen molar-refractivity contribution in [1.29, 1.82) is 0 Å². The summed E-state index contributed by atoms with van der Waals surface area (Å²) in [4.78, 5) is 10.5. The van der Waals surface area contributed by atoms with E-state index in [1.165, 1.54) is 0 Å². The van der Waals surface area contributed by atoms with Gasteiger partial charge in [-0.05, 0) is 30.3 Å². The largest absolute Gasteiger partial charge is 0.486 e. The molecule has 0 amide bonds. The smallest absolute Gasteiger partial charge is 0.313 e. The summed E-state index contributed by atoms with van der Waals surface area (Å²) in [6, 6.07) is 9.16. The number of carbonyl (C=O) groups is 1. The number of benzene rings is 1. The van der Waals surface area contributed by atoms with Crippen LogP contribution in [0.5, 0.6) is 11.5 Å². The number of thioether (sulfide) groups is 1. The minimum atomic E-state index is -0.877. The highest BCUT2D eigenvalue weighted by Gasteiger charge is 2.13. The van der Waals surface area contributed by atoms with E-state index in [1.54, 1.807) is 6.07 Å². The first-order valence-corrected chi connectivity index (χ1v) is 7.29. The number of fused-ring (bicyclic) bond motifs is 1. The Balaban J connectivity index is 1.79. The van der Waals surface area contributed by atoms with Gasteiger partial charge in [0.15, 0.2) is 11.5 Å². The van der Waals surface area contributed by atoms with E-state index in [0.29, 0.717) is 29.7 Å². The topological polar surface area (TPSA) is 81.5 Å². The summed E-state index contributed by atoms with van der Waals surface area (Å²) >= 11 is 1.14. The summed E-state index contributed by atoms with van der Waals surface area (Å²) in [6.07, 6.45) is 0. The summed E-state index contributed by atoms with van der Waals surface area (Å²) < 4.78 is 11.0. The zero-order valence-corrected chi connectivity index (χ0v) is 11.8. The van der Waals surface area contributed by atoms with Crippen LogP contribution in [0.3, 0.4) is 0 Å². The van der Waals surface area contributed by atoms with Crippen LogP contribution in [0.25, 0.3) is 11.3 Å². The number of aromatic nitrogens is 2. The summed E-state index contributed by atoms with van der Waals surface area (Å²) in [5.41, 5.74) is 1.58. The van der Waals surface area contributed by atoms with E-state index >= 15 is 0 Å². The molecule has 0 unspecified atom stereocenters. The van der Waals surface area contributed by atoms with Crippen LogP contribution in [0.4, 0.5) is 0 Å². The minimum absolute atomic E-state index is 0.0297.